The molecular formula is C20H30F2IN5O2. The average Bonchev–Trinajstić information content (AvgIpc) is 3.19. The lowest BCUT2D eigenvalue weighted by molar-refractivity contribution is 0.0671. The molecular weight excluding hydrogens is 507 g/mol. The van der Waals surface area contributed by atoms with Crippen molar-refractivity contribution in [2.24, 2.45) is 4.99 Å². The largest absolute Gasteiger partial charge is 0.493 e. The van der Waals surface area contributed by atoms with Gasteiger partial charge in [0.1, 0.15) is 12.4 Å². The number of aliphatic imine (C=N–C) groups is 1. The van der Waals surface area contributed by atoms with Crippen molar-refractivity contribution in [2.75, 3.05) is 26.8 Å². The number of nitrogens with zero attached hydrogens (tertiary/aromatic N) is 3. The van der Waals surface area contributed by atoms with Gasteiger partial charge in [-0.05, 0) is 44.4 Å². The predicted molar refractivity (Wildman–Crippen MR) is 124 cm³/mol. The van der Waals surface area contributed by atoms with Gasteiger partial charge < -0.3 is 20.1 Å². The third-order valence-corrected chi connectivity index (χ3v) is 4.14. The molecule has 0 atom stereocenters. The van der Waals surface area contributed by atoms with Crippen LogP contribution in [0.5, 0.6) is 11.5 Å². The standard InChI is InChI=1S/C20H29F2N5O2.HI/c1-4-23-20(26-14-18-24-11-12-27(18)19(21)22)25-10-6-7-15-8-9-16(28-3)17(13-15)29-5-2;/h8-9,11-13,19H,4-7,10,14H2,1-3H3,(H2,23,25,26);1H. The first kappa shape index (κ1) is 25.9. The maximum atomic E-state index is 12.9. The molecule has 2 rings (SSSR count). The van der Waals surface area contributed by atoms with Crippen LogP contribution in [0, 0.1) is 0 Å². The van der Waals surface area contributed by atoms with E-state index in [0.717, 1.165) is 34.5 Å². The molecule has 7 nitrogen and oxygen atoms in total. The molecule has 0 saturated heterocycles. The van der Waals surface area contributed by atoms with E-state index in [9.17, 15) is 8.78 Å². The molecule has 0 amide bonds. The Bertz CT molecular complexity index is 786. The number of benzene rings is 1. The number of methoxy groups -OCH3 is 1. The molecule has 0 fully saturated rings. The van der Waals surface area contributed by atoms with Crippen molar-refractivity contribution >= 4 is 29.9 Å². The zero-order valence-electron chi connectivity index (χ0n) is 17.5. The second-order valence-corrected chi connectivity index (χ2v) is 6.17. The molecule has 10 heteroatoms. The molecule has 1 heterocycles. The number of halogens is 3. The third-order valence-electron chi connectivity index (χ3n) is 4.14. The van der Waals surface area contributed by atoms with Crippen LogP contribution in [0.2, 0.25) is 0 Å². The first-order chi connectivity index (χ1) is 14.1. The number of nitrogens with one attached hydrogen (secondary N) is 2. The SMILES string of the molecule is CCNC(=NCc1nccn1C(F)F)NCCCc1ccc(OC)c(OCC)c1.I. The van der Waals surface area contributed by atoms with Gasteiger partial charge in [0.2, 0.25) is 0 Å². The van der Waals surface area contributed by atoms with Gasteiger partial charge in [-0.25, -0.2) is 9.98 Å². The minimum atomic E-state index is -2.62. The Labute approximate surface area is 193 Å². The number of ether oxygens (including phenoxy) is 2. The minimum absolute atomic E-state index is 0. The van der Waals surface area contributed by atoms with Crippen LogP contribution in [-0.2, 0) is 13.0 Å². The van der Waals surface area contributed by atoms with Crippen LogP contribution < -0.4 is 20.1 Å². The summed E-state index contributed by atoms with van der Waals surface area (Å²) in [6.07, 6.45) is 4.32. The van der Waals surface area contributed by atoms with Gasteiger partial charge in [-0.1, -0.05) is 6.07 Å². The van der Waals surface area contributed by atoms with Crippen LogP contribution in [0.4, 0.5) is 8.78 Å². The lowest BCUT2D eigenvalue weighted by Gasteiger charge is -2.13. The molecule has 2 N–H and O–H groups in total. The molecule has 1 aromatic heterocycles. The zero-order valence-corrected chi connectivity index (χ0v) is 19.9. The van der Waals surface area contributed by atoms with E-state index in [1.165, 1.54) is 12.4 Å². The molecule has 2 aromatic rings. The van der Waals surface area contributed by atoms with Crippen LogP contribution in [0.3, 0.4) is 0 Å². The summed E-state index contributed by atoms with van der Waals surface area (Å²) < 4.78 is 37.5. The number of hydrogen-bond acceptors (Lipinski definition) is 4. The summed E-state index contributed by atoms with van der Waals surface area (Å²) in [5.41, 5.74) is 1.15. The first-order valence-corrected chi connectivity index (χ1v) is 9.70. The van der Waals surface area contributed by atoms with Gasteiger partial charge in [0.15, 0.2) is 17.5 Å². The normalized spacial score (nSPS) is 11.2. The van der Waals surface area contributed by atoms with Gasteiger partial charge in [-0.3, -0.25) is 4.57 Å². The summed E-state index contributed by atoms with van der Waals surface area (Å²) in [6, 6.07) is 5.92. The molecule has 0 bridgehead atoms. The van der Waals surface area contributed by atoms with Crippen molar-refractivity contribution < 1.29 is 18.3 Å². The van der Waals surface area contributed by atoms with E-state index >= 15 is 0 Å². The number of alkyl halides is 2. The zero-order chi connectivity index (χ0) is 21.1. The Kier molecular flexibility index (Phi) is 12.1. The summed E-state index contributed by atoms with van der Waals surface area (Å²) in [4.78, 5) is 8.29. The van der Waals surface area contributed by atoms with Gasteiger partial charge in [0.25, 0.3) is 0 Å². The van der Waals surface area contributed by atoms with Gasteiger partial charge in [-0.15, -0.1) is 24.0 Å². The molecule has 0 aliphatic rings. The van der Waals surface area contributed by atoms with Gasteiger partial charge >= 0.3 is 6.55 Å². The summed E-state index contributed by atoms with van der Waals surface area (Å²) in [5.74, 6) is 2.25. The summed E-state index contributed by atoms with van der Waals surface area (Å²) in [5, 5.41) is 6.33. The highest BCUT2D eigenvalue weighted by Crippen LogP contribution is 2.28. The number of rotatable bonds is 11. The quantitative estimate of drug-likeness (QED) is 0.196. The molecule has 0 spiro atoms. The van der Waals surface area contributed by atoms with Crippen LogP contribution >= 0.6 is 24.0 Å². The smallest absolute Gasteiger partial charge is 0.319 e. The summed E-state index contributed by atoms with van der Waals surface area (Å²) in [7, 11) is 1.62. The van der Waals surface area contributed by atoms with Crippen molar-refractivity contribution in [2.45, 2.75) is 39.8 Å². The molecule has 0 radical (unpaired) electrons. The van der Waals surface area contributed by atoms with Gasteiger partial charge in [-0.2, -0.15) is 8.78 Å². The fourth-order valence-electron chi connectivity index (χ4n) is 2.78. The highest BCUT2D eigenvalue weighted by atomic mass is 127. The van der Waals surface area contributed by atoms with Gasteiger partial charge in [0, 0.05) is 25.5 Å². The number of aryl methyl sites for hydroxylation is 1. The highest BCUT2D eigenvalue weighted by Gasteiger charge is 2.11. The highest BCUT2D eigenvalue weighted by molar-refractivity contribution is 14.0. The van der Waals surface area contributed by atoms with Crippen LogP contribution in [0.1, 0.15) is 38.2 Å². The molecule has 0 aliphatic heterocycles. The van der Waals surface area contributed by atoms with Crippen LogP contribution in [0.25, 0.3) is 0 Å². The Balaban J connectivity index is 0.00000450. The lowest BCUT2D eigenvalue weighted by Crippen LogP contribution is -2.38. The number of hydrogen-bond donors (Lipinski definition) is 2. The van der Waals surface area contributed by atoms with E-state index in [4.69, 9.17) is 9.47 Å². The molecule has 0 unspecified atom stereocenters. The second-order valence-electron chi connectivity index (χ2n) is 6.17. The lowest BCUT2D eigenvalue weighted by atomic mass is 10.1. The molecule has 168 valence electrons. The number of guanidine groups is 1. The maximum Gasteiger partial charge on any atom is 0.319 e. The second kappa shape index (κ2) is 14.0. The minimum Gasteiger partial charge on any atom is -0.493 e. The van der Waals surface area contributed by atoms with Crippen LogP contribution in [0.15, 0.2) is 35.6 Å². The van der Waals surface area contributed by atoms with Crippen LogP contribution in [-0.4, -0.2) is 42.3 Å². The first-order valence-electron chi connectivity index (χ1n) is 9.70. The number of aromatic nitrogens is 2. The summed E-state index contributed by atoms with van der Waals surface area (Å²) >= 11 is 0. The van der Waals surface area contributed by atoms with E-state index in [0.29, 0.717) is 25.7 Å². The Morgan fingerprint density at radius 1 is 1.23 bits per heavy atom. The van der Waals surface area contributed by atoms with Crippen molar-refractivity contribution in [3.63, 3.8) is 0 Å². The van der Waals surface area contributed by atoms with E-state index in [1.807, 2.05) is 32.0 Å². The van der Waals surface area contributed by atoms with E-state index < -0.39 is 6.55 Å². The van der Waals surface area contributed by atoms with Crippen molar-refractivity contribution in [1.82, 2.24) is 20.2 Å². The van der Waals surface area contributed by atoms with E-state index in [-0.39, 0.29) is 36.3 Å². The fraction of sp³-hybridized carbons (Fsp3) is 0.500. The Morgan fingerprint density at radius 3 is 2.70 bits per heavy atom. The molecule has 30 heavy (non-hydrogen) atoms. The average molecular weight is 537 g/mol. The van der Waals surface area contributed by atoms with E-state index in [1.54, 1.807) is 7.11 Å². The van der Waals surface area contributed by atoms with Crippen molar-refractivity contribution in [3.05, 3.63) is 42.0 Å². The maximum absolute atomic E-state index is 12.9. The molecule has 0 saturated carbocycles. The molecule has 1 aromatic carbocycles. The topological polar surface area (TPSA) is 72.7 Å². The predicted octanol–water partition coefficient (Wildman–Crippen LogP) is 3.99. The van der Waals surface area contributed by atoms with Gasteiger partial charge in [0.05, 0.1) is 13.7 Å². The third kappa shape index (κ3) is 7.96. The fourth-order valence-corrected chi connectivity index (χ4v) is 2.78. The molecule has 0 aliphatic carbocycles. The Hall–Kier alpha value is -2.11. The van der Waals surface area contributed by atoms with Crippen molar-refractivity contribution in [1.29, 1.82) is 0 Å². The van der Waals surface area contributed by atoms with Crippen molar-refractivity contribution in [3.8, 4) is 11.5 Å². The van der Waals surface area contributed by atoms with E-state index in [2.05, 4.69) is 20.6 Å². The monoisotopic (exact) mass is 537 g/mol. The Morgan fingerprint density at radius 2 is 2.03 bits per heavy atom. The number of imidazole rings is 1. The summed E-state index contributed by atoms with van der Waals surface area (Å²) in [6.45, 7) is 3.27.